The lowest BCUT2D eigenvalue weighted by molar-refractivity contribution is 0.0690. The molecule has 0 radical (unpaired) electrons. The highest BCUT2D eigenvalue weighted by molar-refractivity contribution is 6.32. The Morgan fingerprint density at radius 1 is 1.02 bits per heavy atom. The minimum Gasteiger partial charge on any atom is -0.494 e. The smallest absolute Gasteiger partial charge is 0.354 e. The van der Waals surface area contributed by atoms with Crippen molar-refractivity contribution in [2.45, 2.75) is 59.0 Å². The number of alkyl halides is 1. The molecule has 10 nitrogen and oxygen atoms in total. The fourth-order valence-electron chi connectivity index (χ4n) is 7.29. The molecule has 0 saturated carbocycles. The van der Waals surface area contributed by atoms with Crippen LogP contribution in [-0.4, -0.2) is 53.2 Å². The van der Waals surface area contributed by atoms with Crippen LogP contribution in [0.15, 0.2) is 55.0 Å². The SMILES string of the molecule is Cc1cc(OCCCc2c3n(c4c(-c5c(C)ncnc5C)cccc24)C(C)C(Cl)N(c2nc(C(=O)O)cc4ccn(C)c24)C3=O)cc(C)c1Cl. The molecule has 1 aliphatic rings. The molecule has 5 heterocycles. The van der Waals surface area contributed by atoms with Crippen LogP contribution in [0.3, 0.4) is 0 Å². The lowest BCUT2D eigenvalue weighted by atomic mass is 9.98. The zero-order valence-electron chi connectivity index (χ0n) is 28.6. The molecule has 7 rings (SSSR count). The van der Waals surface area contributed by atoms with Crippen molar-refractivity contribution in [1.82, 2.24) is 24.1 Å². The molecule has 0 fully saturated rings. The molecule has 1 N–H and O–H groups in total. The maximum absolute atomic E-state index is 15.0. The third-order valence-corrected chi connectivity index (χ3v) is 10.8. The van der Waals surface area contributed by atoms with E-state index in [4.69, 9.17) is 27.9 Å². The number of carboxylic acid groups (broad SMARTS) is 1. The van der Waals surface area contributed by atoms with Gasteiger partial charge in [-0.3, -0.25) is 9.69 Å². The van der Waals surface area contributed by atoms with E-state index in [0.717, 1.165) is 60.9 Å². The number of hydrogen-bond acceptors (Lipinski definition) is 6. The van der Waals surface area contributed by atoms with Gasteiger partial charge < -0.3 is 19.0 Å². The molecule has 0 bridgehead atoms. The van der Waals surface area contributed by atoms with E-state index in [0.29, 0.717) is 36.0 Å². The first-order chi connectivity index (χ1) is 23.9. The molecule has 256 valence electrons. The number of hydrogen-bond donors (Lipinski definition) is 1. The number of fused-ring (bicyclic) bond motifs is 4. The average molecular weight is 712 g/mol. The topological polar surface area (TPSA) is 115 Å². The number of aromatic nitrogens is 5. The third-order valence-electron chi connectivity index (χ3n) is 9.63. The van der Waals surface area contributed by atoms with E-state index in [2.05, 4.69) is 15.0 Å². The number of benzene rings is 2. The number of aryl methyl sites for hydroxylation is 6. The quantitative estimate of drug-likeness (QED) is 0.0959. The second kappa shape index (κ2) is 12.8. The van der Waals surface area contributed by atoms with E-state index in [1.54, 1.807) is 12.4 Å². The number of carbonyl (C=O) groups is 2. The Labute approximate surface area is 299 Å². The summed E-state index contributed by atoms with van der Waals surface area (Å²) in [4.78, 5) is 42.2. The molecule has 2 atom stereocenters. The van der Waals surface area contributed by atoms with E-state index < -0.39 is 17.5 Å². The number of carboxylic acids is 1. The van der Waals surface area contributed by atoms with E-state index in [9.17, 15) is 9.90 Å². The van der Waals surface area contributed by atoms with Gasteiger partial charge in [-0.15, -0.1) is 0 Å². The fraction of sp³-hybridized carbons (Fsp3) is 0.289. The van der Waals surface area contributed by atoms with Crippen molar-refractivity contribution in [3.8, 4) is 16.9 Å². The number of amides is 1. The summed E-state index contributed by atoms with van der Waals surface area (Å²) in [6, 6.07) is 12.8. The van der Waals surface area contributed by atoms with Gasteiger partial charge in [0.15, 0.2) is 11.5 Å². The summed E-state index contributed by atoms with van der Waals surface area (Å²) < 4.78 is 10.0. The van der Waals surface area contributed by atoms with Gasteiger partial charge in [0.25, 0.3) is 5.91 Å². The number of nitrogens with zero attached hydrogens (tertiary/aromatic N) is 6. The van der Waals surface area contributed by atoms with Crippen molar-refractivity contribution < 1.29 is 19.4 Å². The highest BCUT2D eigenvalue weighted by Crippen LogP contribution is 2.45. The number of rotatable bonds is 8. The Kier molecular flexibility index (Phi) is 8.56. The molecule has 1 amide bonds. The predicted molar refractivity (Wildman–Crippen MR) is 196 cm³/mol. The highest BCUT2D eigenvalue weighted by Gasteiger charge is 2.43. The molecule has 4 aromatic heterocycles. The van der Waals surface area contributed by atoms with Gasteiger partial charge in [0, 0.05) is 51.6 Å². The Morgan fingerprint density at radius 2 is 1.72 bits per heavy atom. The summed E-state index contributed by atoms with van der Waals surface area (Å²) in [5.41, 5.74) is 7.09. The number of aromatic carboxylic acids is 1. The molecule has 0 aliphatic carbocycles. The molecule has 0 saturated heterocycles. The van der Waals surface area contributed by atoms with Crippen molar-refractivity contribution in [3.63, 3.8) is 0 Å². The van der Waals surface area contributed by atoms with Crippen LogP contribution < -0.4 is 9.64 Å². The van der Waals surface area contributed by atoms with E-state index in [1.165, 1.54) is 11.0 Å². The number of anilines is 1. The number of halogens is 2. The molecule has 2 aromatic carbocycles. The Hall–Kier alpha value is -4.93. The summed E-state index contributed by atoms with van der Waals surface area (Å²) in [6.07, 6.45) is 4.51. The monoisotopic (exact) mass is 710 g/mol. The third kappa shape index (κ3) is 5.38. The largest absolute Gasteiger partial charge is 0.494 e. The van der Waals surface area contributed by atoms with Crippen molar-refractivity contribution >= 4 is 62.7 Å². The Balaban J connectivity index is 1.40. The van der Waals surface area contributed by atoms with Crippen molar-refractivity contribution in [2.75, 3.05) is 11.5 Å². The molecule has 50 heavy (non-hydrogen) atoms. The van der Waals surface area contributed by atoms with Crippen LogP contribution in [0.1, 0.15) is 68.4 Å². The first-order valence-corrected chi connectivity index (χ1v) is 17.2. The summed E-state index contributed by atoms with van der Waals surface area (Å²) in [5.74, 6) is -0.614. The van der Waals surface area contributed by atoms with Gasteiger partial charge in [-0.05, 0) is 88.4 Å². The second-order valence-electron chi connectivity index (χ2n) is 12.9. The average Bonchev–Trinajstić information content (AvgIpc) is 3.62. The van der Waals surface area contributed by atoms with Gasteiger partial charge in [0.2, 0.25) is 0 Å². The van der Waals surface area contributed by atoms with Crippen LogP contribution >= 0.6 is 23.2 Å². The van der Waals surface area contributed by atoms with Crippen LogP contribution in [0.2, 0.25) is 5.02 Å². The minimum atomic E-state index is -1.19. The molecule has 0 spiro atoms. The van der Waals surface area contributed by atoms with Gasteiger partial charge >= 0.3 is 5.97 Å². The van der Waals surface area contributed by atoms with Gasteiger partial charge in [-0.25, -0.2) is 19.7 Å². The maximum Gasteiger partial charge on any atom is 0.354 e. The highest BCUT2D eigenvalue weighted by atomic mass is 35.5. The fourth-order valence-corrected chi connectivity index (χ4v) is 7.69. The number of para-hydroxylation sites is 1. The molecule has 6 aromatic rings. The van der Waals surface area contributed by atoms with E-state index >= 15 is 4.79 Å². The number of pyridine rings is 1. The second-order valence-corrected chi connectivity index (χ2v) is 13.8. The normalized spacial score (nSPS) is 16.0. The summed E-state index contributed by atoms with van der Waals surface area (Å²) in [6.45, 7) is 10.2. The number of carbonyl (C=O) groups excluding carboxylic acids is 1. The zero-order valence-corrected chi connectivity index (χ0v) is 30.1. The standard InChI is InChI=1S/C38H36Cl2N6O4/c1-19-15-25(16-20(2)31(19)39)50-14-8-11-27-26-9-7-10-28(30-21(3)41-18-42-22(30)4)33(26)45-23(5)35(40)46(37(47)34(27)45)36-32-24(12-13-44(32)6)17-29(43-36)38(48)49/h7,9-10,12-13,15-18,23,35H,8,11,14H2,1-6H3,(H,48,49). The summed E-state index contributed by atoms with van der Waals surface area (Å²) in [5, 5.41) is 12.2. The number of ether oxygens (including phenoxy) is 1. The van der Waals surface area contributed by atoms with Crippen molar-refractivity contribution in [3.05, 3.63) is 99.5 Å². The first-order valence-electron chi connectivity index (χ1n) is 16.4. The van der Waals surface area contributed by atoms with Gasteiger partial charge in [-0.1, -0.05) is 41.4 Å². The van der Waals surface area contributed by atoms with Crippen LogP contribution in [0.25, 0.3) is 32.9 Å². The van der Waals surface area contributed by atoms with Gasteiger partial charge in [0.1, 0.15) is 23.3 Å². The predicted octanol–water partition coefficient (Wildman–Crippen LogP) is 8.37. The molecule has 1 aliphatic heterocycles. The van der Waals surface area contributed by atoms with Crippen LogP contribution in [-0.2, 0) is 13.5 Å². The maximum atomic E-state index is 15.0. The van der Waals surface area contributed by atoms with E-state index in [-0.39, 0.29) is 17.4 Å². The van der Waals surface area contributed by atoms with Gasteiger partial charge in [-0.2, -0.15) is 0 Å². The van der Waals surface area contributed by atoms with Crippen molar-refractivity contribution in [2.24, 2.45) is 7.05 Å². The summed E-state index contributed by atoms with van der Waals surface area (Å²) in [7, 11) is 1.83. The lowest BCUT2D eigenvalue weighted by Gasteiger charge is -2.38. The first kappa shape index (κ1) is 33.6. The van der Waals surface area contributed by atoms with Crippen LogP contribution in [0.5, 0.6) is 5.75 Å². The molecular formula is C38H36Cl2N6O4. The zero-order chi connectivity index (χ0) is 35.6. The van der Waals surface area contributed by atoms with Crippen LogP contribution in [0, 0.1) is 27.7 Å². The Bertz CT molecular complexity index is 2320. The molecule has 12 heteroatoms. The lowest BCUT2D eigenvalue weighted by Crippen LogP contribution is -2.48. The van der Waals surface area contributed by atoms with Crippen molar-refractivity contribution in [1.29, 1.82) is 0 Å². The molecule has 2 unspecified atom stereocenters. The summed E-state index contributed by atoms with van der Waals surface area (Å²) >= 11 is 13.7. The Morgan fingerprint density at radius 3 is 2.40 bits per heavy atom. The van der Waals surface area contributed by atoms with Gasteiger partial charge in [0.05, 0.1) is 23.7 Å². The van der Waals surface area contributed by atoms with Crippen LogP contribution in [0.4, 0.5) is 5.82 Å². The minimum absolute atomic E-state index is 0.170. The molecular weight excluding hydrogens is 675 g/mol. The van der Waals surface area contributed by atoms with E-state index in [1.807, 2.05) is 87.3 Å².